The molecular formula is C24H29N7O4. The number of carbonyl (C=O) groups is 1. The smallest absolute Gasteiger partial charge is 0.261 e. The van der Waals surface area contributed by atoms with E-state index in [0.717, 1.165) is 50.7 Å². The van der Waals surface area contributed by atoms with E-state index in [0.29, 0.717) is 54.2 Å². The molecule has 0 atom stereocenters. The molecular weight excluding hydrogens is 450 g/mol. The summed E-state index contributed by atoms with van der Waals surface area (Å²) in [6.07, 6.45) is 3.89. The number of morpholine rings is 1. The van der Waals surface area contributed by atoms with Crippen LogP contribution in [0.25, 0.3) is 0 Å². The zero-order valence-corrected chi connectivity index (χ0v) is 20.0. The van der Waals surface area contributed by atoms with Gasteiger partial charge in [-0.3, -0.25) is 24.9 Å². The molecule has 35 heavy (non-hydrogen) atoms. The van der Waals surface area contributed by atoms with Gasteiger partial charge in [0.25, 0.3) is 5.91 Å². The number of hydrogen-bond donors (Lipinski definition) is 1. The highest BCUT2D eigenvalue weighted by molar-refractivity contribution is 6.20. The fourth-order valence-electron chi connectivity index (χ4n) is 4.28. The summed E-state index contributed by atoms with van der Waals surface area (Å²) >= 11 is 0. The molecule has 1 aromatic carbocycles. The van der Waals surface area contributed by atoms with Crippen LogP contribution in [0.5, 0.6) is 11.5 Å². The van der Waals surface area contributed by atoms with Crippen LogP contribution in [0.1, 0.15) is 28.2 Å². The minimum atomic E-state index is -0.340. The lowest BCUT2D eigenvalue weighted by molar-refractivity contribution is 0.0357. The van der Waals surface area contributed by atoms with E-state index in [4.69, 9.17) is 19.2 Å². The predicted molar refractivity (Wildman–Crippen MR) is 130 cm³/mol. The van der Waals surface area contributed by atoms with Gasteiger partial charge in [0.1, 0.15) is 17.3 Å². The second-order valence-corrected chi connectivity index (χ2v) is 8.41. The number of guanidine groups is 1. The first kappa shape index (κ1) is 23.2. The molecule has 0 unspecified atom stereocenters. The molecule has 0 aliphatic carbocycles. The molecule has 2 aromatic rings. The van der Waals surface area contributed by atoms with E-state index in [1.54, 1.807) is 14.0 Å². The summed E-state index contributed by atoms with van der Waals surface area (Å²) in [6.45, 7) is 8.00. The van der Waals surface area contributed by atoms with Gasteiger partial charge in [-0.15, -0.1) is 0 Å². The molecule has 1 N–H and O–H groups in total. The number of benzene rings is 1. The molecule has 1 aromatic heterocycles. The highest BCUT2D eigenvalue weighted by Gasteiger charge is 2.33. The van der Waals surface area contributed by atoms with Crippen molar-refractivity contribution >= 4 is 23.4 Å². The summed E-state index contributed by atoms with van der Waals surface area (Å²) in [5.74, 6) is 2.54. The number of ether oxygens (including phenoxy) is 3. The average Bonchev–Trinajstić information content (AvgIpc) is 3.38. The third-order valence-corrected chi connectivity index (χ3v) is 6.10. The number of fused-ring (bicyclic) bond motifs is 3. The van der Waals surface area contributed by atoms with Gasteiger partial charge in [-0.1, -0.05) is 0 Å². The molecule has 1 saturated heterocycles. The monoisotopic (exact) mass is 479 g/mol. The van der Waals surface area contributed by atoms with Crippen LogP contribution < -0.4 is 14.8 Å². The highest BCUT2D eigenvalue weighted by Crippen LogP contribution is 2.43. The predicted octanol–water partition coefficient (Wildman–Crippen LogP) is 1.39. The lowest BCUT2D eigenvalue weighted by Crippen LogP contribution is -2.47. The van der Waals surface area contributed by atoms with Crippen LogP contribution in [0.3, 0.4) is 0 Å². The Kier molecular flexibility index (Phi) is 6.87. The van der Waals surface area contributed by atoms with Crippen LogP contribution in [-0.4, -0.2) is 97.1 Å². The van der Waals surface area contributed by atoms with Crippen LogP contribution in [0.4, 0.5) is 5.69 Å². The van der Waals surface area contributed by atoms with Crippen molar-refractivity contribution in [1.29, 1.82) is 0 Å². The Labute approximate surface area is 203 Å². The first-order chi connectivity index (χ1) is 17.1. The Morgan fingerprint density at radius 3 is 2.74 bits per heavy atom. The molecule has 1 fully saturated rings. The topological polar surface area (TPSA) is 114 Å². The van der Waals surface area contributed by atoms with Gasteiger partial charge in [0.05, 0.1) is 39.0 Å². The number of methoxy groups -OCH3 is 1. The van der Waals surface area contributed by atoms with Crippen LogP contribution in [0.2, 0.25) is 0 Å². The average molecular weight is 480 g/mol. The molecule has 0 saturated carbocycles. The number of hydrogen-bond acceptors (Lipinski definition) is 10. The molecule has 184 valence electrons. The first-order valence-electron chi connectivity index (χ1n) is 11.8. The molecule has 5 rings (SSSR count). The highest BCUT2D eigenvalue weighted by atomic mass is 16.5. The zero-order valence-electron chi connectivity index (χ0n) is 20.0. The normalized spacial score (nSPS) is 17.3. The third kappa shape index (κ3) is 4.96. The van der Waals surface area contributed by atoms with Crippen molar-refractivity contribution in [1.82, 2.24) is 25.1 Å². The molecule has 0 bridgehead atoms. The number of aromatic nitrogens is 2. The summed E-state index contributed by atoms with van der Waals surface area (Å²) in [6, 6.07) is 3.84. The molecule has 0 radical (unpaired) electrons. The molecule has 3 aliphatic heterocycles. The van der Waals surface area contributed by atoms with Crippen LogP contribution >= 0.6 is 0 Å². The second kappa shape index (κ2) is 10.4. The molecule has 11 nitrogen and oxygen atoms in total. The fraction of sp³-hybridized carbons (Fsp3) is 0.458. The van der Waals surface area contributed by atoms with Crippen molar-refractivity contribution < 1.29 is 19.0 Å². The van der Waals surface area contributed by atoms with Gasteiger partial charge in [0.2, 0.25) is 5.96 Å². The molecule has 4 heterocycles. The summed E-state index contributed by atoms with van der Waals surface area (Å²) in [5.41, 5.74) is 1.79. The molecule has 11 heteroatoms. The van der Waals surface area contributed by atoms with E-state index < -0.39 is 0 Å². The second-order valence-electron chi connectivity index (χ2n) is 8.41. The molecule has 0 spiro atoms. The van der Waals surface area contributed by atoms with E-state index in [2.05, 4.69) is 25.2 Å². The Morgan fingerprint density at radius 1 is 1.17 bits per heavy atom. The van der Waals surface area contributed by atoms with Gasteiger partial charge < -0.3 is 14.2 Å². The Morgan fingerprint density at radius 2 is 1.97 bits per heavy atom. The lowest BCUT2D eigenvalue weighted by atomic mass is 10.1. The lowest BCUT2D eigenvalue weighted by Gasteiger charge is -2.28. The number of nitrogens with zero attached hydrogens (tertiary/aromatic N) is 6. The Hall–Kier alpha value is -3.57. The van der Waals surface area contributed by atoms with Gasteiger partial charge in [-0.2, -0.15) is 0 Å². The number of aliphatic imine (C=N–C) groups is 2. The van der Waals surface area contributed by atoms with Gasteiger partial charge in [0.15, 0.2) is 11.5 Å². The van der Waals surface area contributed by atoms with E-state index >= 15 is 0 Å². The SMILES string of the molecule is COc1c(OCCCN2CCOCC2)ccc2c1N=C(NC(=O)c1cnc(C)nc1)N1CCN=C21. The number of nitrogens with one attached hydrogen (secondary N) is 1. The van der Waals surface area contributed by atoms with E-state index in [1.807, 2.05) is 17.0 Å². The van der Waals surface area contributed by atoms with Crippen molar-refractivity contribution in [2.75, 3.05) is 59.7 Å². The molecule has 1 amide bonds. The summed E-state index contributed by atoms with van der Waals surface area (Å²) in [4.78, 5) is 34.7. The first-order valence-corrected chi connectivity index (χ1v) is 11.8. The van der Waals surface area contributed by atoms with Crippen LogP contribution in [0, 0.1) is 6.92 Å². The van der Waals surface area contributed by atoms with Gasteiger partial charge in [-0.25, -0.2) is 15.0 Å². The number of rotatable bonds is 7. The van der Waals surface area contributed by atoms with Gasteiger partial charge in [0, 0.05) is 44.1 Å². The number of amides is 1. The minimum absolute atomic E-state index is 0.340. The van der Waals surface area contributed by atoms with Gasteiger partial charge in [-0.05, 0) is 25.5 Å². The molecule has 3 aliphatic rings. The minimum Gasteiger partial charge on any atom is -0.491 e. The van der Waals surface area contributed by atoms with Gasteiger partial charge >= 0.3 is 0 Å². The quantitative estimate of drug-likeness (QED) is 0.593. The van der Waals surface area contributed by atoms with Crippen molar-refractivity contribution in [2.45, 2.75) is 13.3 Å². The van der Waals surface area contributed by atoms with Crippen molar-refractivity contribution in [3.8, 4) is 11.5 Å². The number of aryl methyl sites for hydroxylation is 1. The maximum atomic E-state index is 12.8. The summed E-state index contributed by atoms with van der Waals surface area (Å²) in [7, 11) is 1.59. The van der Waals surface area contributed by atoms with E-state index in [9.17, 15) is 4.79 Å². The fourth-order valence-corrected chi connectivity index (χ4v) is 4.28. The maximum Gasteiger partial charge on any atom is 0.261 e. The van der Waals surface area contributed by atoms with Crippen molar-refractivity contribution in [3.05, 3.63) is 41.5 Å². The number of carbonyl (C=O) groups excluding carboxylic acids is 1. The standard InChI is InChI=1S/C24H29N7O4/c1-16-26-14-17(15-27-16)23(32)29-24-28-20-18(22-25-6-8-31(22)24)4-5-19(21(20)33-2)35-11-3-7-30-9-12-34-13-10-30/h4-5,14-15H,3,6-13H2,1-2H3,(H,28,29,32). The number of amidine groups is 1. The Bertz CT molecular complexity index is 1140. The largest absolute Gasteiger partial charge is 0.491 e. The van der Waals surface area contributed by atoms with E-state index in [1.165, 1.54) is 12.4 Å². The van der Waals surface area contributed by atoms with Crippen LogP contribution in [0.15, 0.2) is 34.5 Å². The van der Waals surface area contributed by atoms with Crippen molar-refractivity contribution in [2.24, 2.45) is 9.98 Å². The van der Waals surface area contributed by atoms with Crippen LogP contribution in [-0.2, 0) is 4.74 Å². The zero-order chi connectivity index (χ0) is 24.2. The van der Waals surface area contributed by atoms with Crippen molar-refractivity contribution in [3.63, 3.8) is 0 Å². The summed E-state index contributed by atoms with van der Waals surface area (Å²) in [5, 5.41) is 2.89. The summed E-state index contributed by atoms with van der Waals surface area (Å²) < 4.78 is 17.2. The van der Waals surface area contributed by atoms with E-state index in [-0.39, 0.29) is 5.91 Å². The Balaban J connectivity index is 1.35. The third-order valence-electron chi connectivity index (χ3n) is 6.10. The maximum absolute atomic E-state index is 12.8.